The topological polar surface area (TPSA) is 60.7 Å². The highest BCUT2D eigenvalue weighted by Gasteiger charge is 2.17. The summed E-state index contributed by atoms with van der Waals surface area (Å²) in [6, 6.07) is 0. The van der Waals surface area contributed by atoms with Crippen LogP contribution < -0.4 is 0 Å². The summed E-state index contributed by atoms with van der Waals surface area (Å²) in [5.41, 5.74) is 0. The lowest BCUT2D eigenvalue weighted by molar-refractivity contribution is 0.0639. The van der Waals surface area contributed by atoms with Gasteiger partial charge in [-0.05, 0) is 25.2 Å². The fraction of sp³-hybridized carbons (Fsp3) is 1.00. The van der Waals surface area contributed by atoms with Crippen molar-refractivity contribution in [1.29, 1.82) is 0 Å². The summed E-state index contributed by atoms with van der Waals surface area (Å²) in [4.78, 5) is 0. The lowest BCUT2D eigenvalue weighted by Gasteiger charge is -2.21. The third kappa shape index (κ3) is 11.4. The van der Waals surface area contributed by atoms with Crippen molar-refractivity contribution in [2.75, 3.05) is 13.2 Å². The van der Waals surface area contributed by atoms with Crippen LogP contribution in [0, 0.1) is 5.92 Å². The van der Waals surface area contributed by atoms with Crippen LogP contribution in [0.5, 0.6) is 0 Å². The minimum Gasteiger partial charge on any atom is -0.396 e. The van der Waals surface area contributed by atoms with E-state index in [4.69, 9.17) is 10.2 Å². The second-order valence-corrected chi connectivity index (χ2v) is 5.62. The quantitative estimate of drug-likeness (QED) is 0.426. The van der Waals surface area contributed by atoms with Crippen molar-refractivity contribution in [2.45, 2.75) is 83.7 Å². The Morgan fingerprint density at radius 3 is 1.63 bits per heavy atom. The minimum atomic E-state index is -0.362. The normalized spacial score (nSPS) is 13.1. The first-order chi connectivity index (χ1) is 9.26. The van der Waals surface area contributed by atoms with Crippen LogP contribution in [0.2, 0.25) is 0 Å². The molecule has 0 radical (unpaired) electrons. The van der Waals surface area contributed by atoms with Crippen LogP contribution in [0.1, 0.15) is 77.6 Å². The zero-order chi connectivity index (χ0) is 14.3. The van der Waals surface area contributed by atoms with E-state index in [2.05, 4.69) is 6.92 Å². The van der Waals surface area contributed by atoms with Gasteiger partial charge < -0.3 is 15.3 Å². The van der Waals surface area contributed by atoms with Gasteiger partial charge in [-0.25, -0.2) is 0 Å². The van der Waals surface area contributed by atoms with Crippen molar-refractivity contribution in [3.63, 3.8) is 0 Å². The Hall–Kier alpha value is -0.120. The standard InChI is InChI=1S/C16H34O3/c1-2-3-4-5-6-7-8-9-10-16(19)15(11-13-17)12-14-18/h15-19H,2-14H2,1H3. The molecule has 1 unspecified atom stereocenters. The molecule has 0 saturated carbocycles. The van der Waals surface area contributed by atoms with E-state index < -0.39 is 0 Å². The van der Waals surface area contributed by atoms with Crippen LogP contribution in [-0.2, 0) is 0 Å². The molecular weight excluding hydrogens is 240 g/mol. The van der Waals surface area contributed by atoms with E-state index in [0.717, 1.165) is 12.8 Å². The van der Waals surface area contributed by atoms with Crippen molar-refractivity contribution in [3.05, 3.63) is 0 Å². The van der Waals surface area contributed by atoms with E-state index >= 15 is 0 Å². The van der Waals surface area contributed by atoms with Crippen LogP contribution in [-0.4, -0.2) is 34.6 Å². The Morgan fingerprint density at radius 1 is 0.684 bits per heavy atom. The van der Waals surface area contributed by atoms with Crippen molar-refractivity contribution in [3.8, 4) is 0 Å². The highest BCUT2D eigenvalue weighted by Crippen LogP contribution is 2.19. The third-order valence-corrected chi connectivity index (χ3v) is 3.90. The molecule has 116 valence electrons. The fourth-order valence-corrected chi connectivity index (χ4v) is 2.58. The van der Waals surface area contributed by atoms with Gasteiger partial charge in [-0.15, -0.1) is 0 Å². The predicted molar refractivity (Wildman–Crippen MR) is 80.1 cm³/mol. The lowest BCUT2D eigenvalue weighted by atomic mass is 9.91. The average Bonchev–Trinajstić information content (AvgIpc) is 2.41. The second kappa shape index (κ2) is 14.3. The van der Waals surface area contributed by atoms with E-state index in [1.807, 2.05) is 0 Å². The first kappa shape index (κ1) is 18.9. The molecule has 1 atom stereocenters. The second-order valence-electron chi connectivity index (χ2n) is 5.62. The van der Waals surface area contributed by atoms with Crippen molar-refractivity contribution in [1.82, 2.24) is 0 Å². The van der Waals surface area contributed by atoms with Gasteiger partial charge >= 0.3 is 0 Å². The smallest absolute Gasteiger partial charge is 0.0570 e. The Labute approximate surface area is 119 Å². The summed E-state index contributed by atoms with van der Waals surface area (Å²) in [6.07, 6.45) is 11.8. The van der Waals surface area contributed by atoms with Crippen LogP contribution in [0.3, 0.4) is 0 Å². The number of aliphatic hydroxyl groups excluding tert-OH is 3. The molecule has 3 heteroatoms. The molecular formula is C16H34O3. The average molecular weight is 274 g/mol. The van der Waals surface area contributed by atoms with E-state index in [0.29, 0.717) is 12.8 Å². The lowest BCUT2D eigenvalue weighted by Crippen LogP contribution is -2.22. The minimum absolute atomic E-state index is 0.0551. The van der Waals surface area contributed by atoms with Gasteiger partial charge in [0.2, 0.25) is 0 Å². The third-order valence-electron chi connectivity index (χ3n) is 3.90. The summed E-state index contributed by atoms with van der Waals surface area (Å²) in [7, 11) is 0. The van der Waals surface area contributed by atoms with Crippen LogP contribution in [0.25, 0.3) is 0 Å². The molecule has 0 amide bonds. The number of unbranched alkanes of at least 4 members (excludes halogenated alkanes) is 7. The van der Waals surface area contributed by atoms with Gasteiger partial charge in [-0.1, -0.05) is 58.3 Å². The molecule has 0 aromatic rings. The Morgan fingerprint density at radius 2 is 1.16 bits per heavy atom. The Balaban J connectivity index is 3.47. The van der Waals surface area contributed by atoms with Crippen molar-refractivity contribution >= 4 is 0 Å². The molecule has 3 nitrogen and oxygen atoms in total. The summed E-state index contributed by atoms with van der Waals surface area (Å²) in [6.45, 7) is 2.43. The van der Waals surface area contributed by atoms with Gasteiger partial charge in [0.1, 0.15) is 0 Å². The zero-order valence-electron chi connectivity index (χ0n) is 12.7. The molecule has 0 aliphatic rings. The van der Waals surface area contributed by atoms with Gasteiger partial charge in [0.15, 0.2) is 0 Å². The van der Waals surface area contributed by atoms with Crippen LogP contribution in [0.4, 0.5) is 0 Å². The van der Waals surface area contributed by atoms with Gasteiger partial charge in [-0.2, -0.15) is 0 Å². The monoisotopic (exact) mass is 274 g/mol. The molecule has 0 rings (SSSR count). The highest BCUT2D eigenvalue weighted by atomic mass is 16.3. The van der Waals surface area contributed by atoms with E-state index in [1.54, 1.807) is 0 Å². The molecule has 19 heavy (non-hydrogen) atoms. The van der Waals surface area contributed by atoms with Gasteiger partial charge in [0.25, 0.3) is 0 Å². The number of aliphatic hydroxyl groups is 3. The first-order valence-corrected chi connectivity index (χ1v) is 8.16. The van der Waals surface area contributed by atoms with E-state index in [9.17, 15) is 5.11 Å². The number of hydrogen-bond acceptors (Lipinski definition) is 3. The molecule has 0 fully saturated rings. The summed E-state index contributed by atoms with van der Waals surface area (Å²) in [5, 5.41) is 27.9. The van der Waals surface area contributed by atoms with E-state index in [-0.39, 0.29) is 25.2 Å². The summed E-state index contributed by atoms with van der Waals surface area (Å²) in [5.74, 6) is 0.0551. The molecule has 0 spiro atoms. The van der Waals surface area contributed by atoms with Crippen LogP contribution in [0.15, 0.2) is 0 Å². The van der Waals surface area contributed by atoms with E-state index in [1.165, 1.54) is 44.9 Å². The first-order valence-electron chi connectivity index (χ1n) is 8.16. The molecule has 3 N–H and O–H groups in total. The van der Waals surface area contributed by atoms with Gasteiger partial charge in [-0.3, -0.25) is 0 Å². The fourth-order valence-electron chi connectivity index (χ4n) is 2.58. The van der Waals surface area contributed by atoms with Gasteiger partial charge in [0, 0.05) is 13.2 Å². The van der Waals surface area contributed by atoms with Crippen molar-refractivity contribution < 1.29 is 15.3 Å². The molecule has 0 bridgehead atoms. The molecule has 0 saturated heterocycles. The Bertz CT molecular complexity index is 167. The predicted octanol–water partition coefficient (Wildman–Crippen LogP) is 3.26. The van der Waals surface area contributed by atoms with Crippen molar-refractivity contribution in [2.24, 2.45) is 5.92 Å². The number of rotatable bonds is 14. The molecule has 0 aromatic heterocycles. The maximum Gasteiger partial charge on any atom is 0.0570 e. The maximum atomic E-state index is 10.0. The van der Waals surface area contributed by atoms with Gasteiger partial charge in [0.05, 0.1) is 6.10 Å². The van der Waals surface area contributed by atoms with Crippen LogP contribution >= 0.6 is 0 Å². The molecule has 0 aliphatic heterocycles. The largest absolute Gasteiger partial charge is 0.396 e. The Kier molecular flexibility index (Phi) is 14.2. The molecule has 0 aliphatic carbocycles. The summed E-state index contributed by atoms with van der Waals surface area (Å²) >= 11 is 0. The SMILES string of the molecule is CCCCCCCCCCC(O)C(CCO)CCO. The summed E-state index contributed by atoms with van der Waals surface area (Å²) < 4.78 is 0. The maximum absolute atomic E-state index is 10.0. The zero-order valence-corrected chi connectivity index (χ0v) is 12.7. The molecule has 0 aromatic carbocycles. The number of hydrogen-bond donors (Lipinski definition) is 3. The highest BCUT2D eigenvalue weighted by molar-refractivity contribution is 4.68. The molecule has 0 heterocycles.